The molecule has 1 aromatic heterocycles. The number of carboxylic acids is 1. The van der Waals surface area contributed by atoms with E-state index in [1.165, 1.54) is 5.56 Å². The van der Waals surface area contributed by atoms with Gasteiger partial charge in [0.15, 0.2) is 0 Å². The van der Waals surface area contributed by atoms with E-state index in [1.807, 2.05) is 60.4 Å². The van der Waals surface area contributed by atoms with Crippen LogP contribution in [0.1, 0.15) is 23.6 Å². The largest absolute Gasteiger partial charge is 0.480 e. The molecule has 4 rings (SSSR count). The van der Waals surface area contributed by atoms with Gasteiger partial charge in [-0.05, 0) is 59.5 Å². The predicted molar refractivity (Wildman–Crippen MR) is 142 cm³/mol. The zero-order valence-electron chi connectivity index (χ0n) is 20.6. The van der Waals surface area contributed by atoms with Gasteiger partial charge in [-0.25, -0.2) is 0 Å². The van der Waals surface area contributed by atoms with Gasteiger partial charge in [0.25, 0.3) is 5.89 Å². The van der Waals surface area contributed by atoms with E-state index in [-0.39, 0.29) is 19.0 Å². The standard InChI is InChI=1S/C28H29N3O4.ClH/c1-4-31(17-26(32)33)16-20-9-7-10-21(14-20)27-29-28(35-30-27)22-12-13-25(23(15-22)18-34-3)24-11-6-5-8-19(24)2;/h5-15H,4,16-18H2,1-3H3,(H,32,33);1H. The van der Waals surface area contributed by atoms with Crippen LogP contribution in [-0.2, 0) is 22.7 Å². The number of halogens is 1. The lowest BCUT2D eigenvalue weighted by Gasteiger charge is -2.18. The Morgan fingerprint density at radius 3 is 2.56 bits per heavy atom. The van der Waals surface area contributed by atoms with E-state index in [0.717, 1.165) is 33.4 Å². The van der Waals surface area contributed by atoms with Crippen molar-refractivity contribution in [2.24, 2.45) is 0 Å². The van der Waals surface area contributed by atoms with Gasteiger partial charge in [-0.15, -0.1) is 12.4 Å². The lowest BCUT2D eigenvalue weighted by molar-refractivity contribution is -0.138. The Labute approximate surface area is 217 Å². The summed E-state index contributed by atoms with van der Waals surface area (Å²) in [5.41, 5.74) is 7.14. The van der Waals surface area contributed by atoms with Crippen LogP contribution in [0.4, 0.5) is 0 Å². The van der Waals surface area contributed by atoms with E-state index in [2.05, 4.69) is 35.3 Å². The van der Waals surface area contributed by atoms with Crippen molar-refractivity contribution >= 4 is 18.4 Å². The Bertz CT molecular complexity index is 1320. The fourth-order valence-electron chi connectivity index (χ4n) is 4.14. The number of methoxy groups -OCH3 is 1. The van der Waals surface area contributed by atoms with Gasteiger partial charge in [-0.1, -0.05) is 60.6 Å². The average molecular weight is 508 g/mol. The highest BCUT2D eigenvalue weighted by Gasteiger charge is 2.15. The fourth-order valence-corrected chi connectivity index (χ4v) is 4.14. The maximum Gasteiger partial charge on any atom is 0.317 e. The molecule has 0 saturated carbocycles. The summed E-state index contributed by atoms with van der Waals surface area (Å²) in [5, 5.41) is 13.3. The molecule has 0 amide bonds. The first kappa shape index (κ1) is 27.1. The van der Waals surface area contributed by atoms with Crippen molar-refractivity contribution in [3.63, 3.8) is 0 Å². The number of nitrogens with zero attached hydrogens (tertiary/aromatic N) is 3. The molecule has 8 heteroatoms. The number of rotatable bonds is 10. The summed E-state index contributed by atoms with van der Waals surface area (Å²) in [6, 6.07) is 22.1. The first-order valence-corrected chi connectivity index (χ1v) is 11.5. The summed E-state index contributed by atoms with van der Waals surface area (Å²) >= 11 is 0. The topological polar surface area (TPSA) is 88.7 Å². The van der Waals surface area contributed by atoms with E-state index >= 15 is 0 Å². The van der Waals surface area contributed by atoms with Crippen LogP contribution < -0.4 is 0 Å². The quantitative estimate of drug-likeness (QED) is 0.288. The molecular weight excluding hydrogens is 478 g/mol. The van der Waals surface area contributed by atoms with Crippen LogP contribution in [-0.4, -0.2) is 46.3 Å². The fraction of sp³-hybridized carbons (Fsp3) is 0.250. The molecule has 1 N–H and O–H groups in total. The van der Waals surface area contributed by atoms with E-state index in [4.69, 9.17) is 14.4 Å². The lowest BCUT2D eigenvalue weighted by atomic mass is 9.94. The van der Waals surface area contributed by atoms with Crippen molar-refractivity contribution < 1.29 is 19.2 Å². The van der Waals surface area contributed by atoms with Crippen molar-refractivity contribution in [3.05, 3.63) is 83.4 Å². The molecule has 4 aromatic rings. The first-order chi connectivity index (χ1) is 17.0. The first-order valence-electron chi connectivity index (χ1n) is 11.5. The van der Waals surface area contributed by atoms with Gasteiger partial charge in [0.1, 0.15) is 0 Å². The molecule has 0 bridgehead atoms. The number of aryl methyl sites for hydroxylation is 1. The molecule has 1 heterocycles. The van der Waals surface area contributed by atoms with Crippen molar-refractivity contribution in [2.45, 2.75) is 27.0 Å². The van der Waals surface area contributed by atoms with Crippen LogP contribution in [0.3, 0.4) is 0 Å². The minimum Gasteiger partial charge on any atom is -0.480 e. The minimum atomic E-state index is -0.841. The van der Waals surface area contributed by atoms with E-state index in [0.29, 0.717) is 31.4 Å². The van der Waals surface area contributed by atoms with Gasteiger partial charge >= 0.3 is 5.97 Å². The summed E-state index contributed by atoms with van der Waals surface area (Å²) < 4.78 is 11.1. The Morgan fingerprint density at radius 1 is 1.03 bits per heavy atom. The van der Waals surface area contributed by atoms with Gasteiger partial charge in [0.05, 0.1) is 13.2 Å². The SMILES string of the molecule is CCN(CC(=O)O)Cc1cccc(-c2noc(-c3ccc(-c4ccccc4C)c(COC)c3)n2)c1.Cl. The Balaban J connectivity index is 0.00000361. The van der Waals surface area contributed by atoms with E-state index in [1.54, 1.807) is 7.11 Å². The second-order valence-electron chi connectivity index (χ2n) is 8.44. The van der Waals surface area contributed by atoms with Crippen molar-refractivity contribution in [2.75, 3.05) is 20.2 Å². The highest BCUT2D eigenvalue weighted by Crippen LogP contribution is 2.31. The summed E-state index contributed by atoms with van der Waals surface area (Å²) in [7, 11) is 1.68. The molecule has 0 atom stereocenters. The van der Waals surface area contributed by atoms with Gasteiger partial charge in [0.2, 0.25) is 5.82 Å². The molecule has 0 aliphatic carbocycles. The van der Waals surface area contributed by atoms with E-state index in [9.17, 15) is 4.79 Å². The minimum absolute atomic E-state index is 0. The van der Waals surface area contributed by atoms with Crippen LogP contribution in [0, 0.1) is 6.92 Å². The second kappa shape index (κ2) is 12.4. The highest BCUT2D eigenvalue weighted by atomic mass is 35.5. The molecule has 3 aromatic carbocycles. The van der Waals surface area contributed by atoms with Crippen LogP contribution in [0.2, 0.25) is 0 Å². The number of likely N-dealkylation sites (N-methyl/N-ethyl adjacent to an activating group) is 1. The molecule has 0 aliphatic heterocycles. The molecule has 7 nitrogen and oxygen atoms in total. The lowest BCUT2D eigenvalue weighted by Crippen LogP contribution is -2.29. The molecule has 0 fully saturated rings. The number of aliphatic carboxylic acids is 1. The summed E-state index contributed by atoms with van der Waals surface area (Å²) in [6.45, 7) is 5.67. The molecule has 0 radical (unpaired) electrons. The zero-order valence-corrected chi connectivity index (χ0v) is 21.4. The Morgan fingerprint density at radius 2 is 1.83 bits per heavy atom. The number of carboxylic acid groups (broad SMARTS) is 1. The average Bonchev–Trinajstić information content (AvgIpc) is 3.35. The number of ether oxygens (including phenoxy) is 1. The van der Waals surface area contributed by atoms with Gasteiger partial charge in [-0.3, -0.25) is 9.69 Å². The second-order valence-corrected chi connectivity index (χ2v) is 8.44. The van der Waals surface area contributed by atoms with Crippen molar-refractivity contribution in [3.8, 4) is 34.0 Å². The summed E-state index contributed by atoms with van der Waals surface area (Å²) in [5.74, 6) is 0.0756. The van der Waals surface area contributed by atoms with Crippen LogP contribution >= 0.6 is 12.4 Å². The maximum atomic E-state index is 11.1. The number of benzene rings is 3. The molecular formula is C28H30ClN3O4. The van der Waals surface area contributed by atoms with Crippen LogP contribution in [0.5, 0.6) is 0 Å². The number of aromatic nitrogens is 2. The third-order valence-corrected chi connectivity index (χ3v) is 5.91. The highest BCUT2D eigenvalue weighted by molar-refractivity contribution is 5.85. The van der Waals surface area contributed by atoms with Crippen LogP contribution in [0.25, 0.3) is 34.0 Å². The maximum absolute atomic E-state index is 11.1. The third kappa shape index (κ3) is 6.37. The monoisotopic (exact) mass is 507 g/mol. The van der Waals surface area contributed by atoms with Gasteiger partial charge in [-0.2, -0.15) is 4.98 Å². The Hall–Kier alpha value is -3.52. The molecule has 36 heavy (non-hydrogen) atoms. The predicted octanol–water partition coefficient (Wildman–Crippen LogP) is 5.85. The number of hydrogen-bond donors (Lipinski definition) is 1. The van der Waals surface area contributed by atoms with Crippen LogP contribution in [0.15, 0.2) is 71.3 Å². The van der Waals surface area contributed by atoms with Crippen molar-refractivity contribution in [1.82, 2.24) is 15.0 Å². The van der Waals surface area contributed by atoms with Gasteiger partial charge < -0.3 is 14.4 Å². The summed E-state index contributed by atoms with van der Waals surface area (Å²) in [4.78, 5) is 17.6. The molecule has 0 spiro atoms. The van der Waals surface area contributed by atoms with E-state index < -0.39 is 5.97 Å². The Kier molecular flexibility index (Phi) is 9.36. The summed E-state index contributed by atoms with van der Waals surface area (Å²) in [6.07, 6.45) is 0. The zero-order chi connectivity index (χ0) is 24.8. The normalized spacial score (nSPS) is 10.9. The smallest absolute Gasteiger partial charge is 0.317 e. The third-order valence-electron chi connectivity index (χ3n) is 5.91. The molecule has 0 unspecified atom stereocenters. The van der Waals surface area contributed by atoms with Gasteiger partial charge in [0, 0.05) is 24.8 Å². The van der Waals surface area contributed by atoms with Crippen molar-refractivity contribution in [1.29, 1.82) is 0 Å². The molecule has 0 aliphatic rings. The molecule has 188 valence electrons. The number of hydrogen-bond acceptors (Lipinski definition) is 6. The molecule has 0 saturated heterocycles. The number of carbonyl (C=O) groups is 1.